The summed E-state index contributed by atoms with van der Waals surface area (Å²) in [4.78, 5) is 20.7. The molecule has 2 aromatic heterocycles. The number of hydrogen-bond donors (Lipinski definition) is 1. The van der Waals surface area contributed by atoms with E-state index in [0.29, 0.717) is 15.2 Å². The molecule has 154 valence electrons. The first-order valence-corrected chi connectivity index (χ1v) is 9.08. The van der Waals surface area contributed by atoms with Gasteiger partial charge in [0.15, 0.2) is 0 Å². The Morgan fingerprint density at radius 1 is 1.07 bits per heavy atom. The first-order valence-electron chi connectivity index (χ1n) is 8.27. The molecule has 3 rings (SSSR count). The van der Waals surface area contributed by atoms with Crippen molar-refractivity contribution in [1.82, 2.24) is 9.97 Å². The van der Waals surface area contributed by atoms with E-state index in [2.05, 4.69) is 20.0 Å². The molecule has 0 fully saturated rings. The maximum atomic E-state index is 12.2. The van der Waals surface area contributed by atoms with E-state index in [0.717, 1.165) is 12.1 Å². The van der Waals surface area contributed by atoms with Gasteiger partial charge in [0, 0.05) is 0 Å². The average Bonchev–Trinajstić information content (AvgIpc) is 2.96. The number of rotatable bonds is 4. The Morgan fingerprint density at radius 3 is 2.34 bits per heavy atom. The molecule has 0 saturated carbocycles. The number of nitrogens with one attached hydrogen (secondary N) is 1. The van der Waals surface area contributed by atoms with Crippen LogP contribution < -0.4 is 14.8 Å². The second-order valence-corrected chi connectivity index (χ2v) is 7.79. The monoisotopic (exact) mass is 427 g/mol. The number of alkyl halides is 3. The van der Waals surface area contributed by atoms with E-state index in [9.17, 15) is 18.0 Å². The SMILES string of the molecule is CC(C)(C)OC(=O)Nc1cc2c(Oc3ccc(OC(F)(F)F)cc3)ncnc2s1. The molecule has 0 aliphatic rings. The van der Waals surface area contributed by atoms with Gasteiger partial charge >= 0.3 is 12.5 Å². The van der Waals surface area contributed by atoms with Gasteiger partial charge in [0.1, 0.15) is 33.3 Å². The highest BCUT2D eigenvalue weighted by Gasteiger charge is 2.31. The smallest absolute Gasteiger partial charge is 0.444 e. The van der Waals surface area contributed by atoms with Crippen molar-refractivity contribution in [1.29, 1.82) is 0 Å². The van der Waals surface area contributed by atoms with Crippen LogP contribution in [0.2, 0.25) is 0 Å². The van der Waals surface area contributed by atoms with Crippen LogP contribution in [0.3, 0.4) is 0 Å². The van der Waals surface area contributed by atoms with Crippen LogP contribution in [0.15, 0.2) is 36.7 Å². The molecule has 2 heterocycles. The van der Waals surface area contributed by atoms with Crippen LogP contribution in [0.5, 0.6) is 17.4 Å². The molecule has 0 spiro atoms. The van der Waals surface area contributed by atoms with Crippen LogP contribution in [-0.2, 0) is 4.74 Å². The Bertz CT molecular complexity index is 1010. The zero-order valence-electron chi connectivity index (χ0n) is 15.5. The number of ether oxygens (including phenoxy) is 3. The maximum Gasteiger partial charge on any atom is 0.573 e. The van der Waals surface area contributed by atoms with Gasteiger partial charge in [-0.05, 0) is 51.1 Å². The standard InChI is InChI=1S/C18H16F3N3O4S/c1-17(2,3)28-16(25)24-13-8-12-14(22-9-23-15(12)29-13)26-10-4-6-11(7-5-10)27-18(19,20)21/h4-9H,1-3H3,(H,24,25). The average molecular weight is 427 g/mol. The molecular weight excluding hydrogens is 411 g/mol. The largest absolute Gasteiger partial charge is 0.573 e. The van der Waals surface area contributed by atoms with Gasteiger partial charge in [0.05, 0.1) is 5.39 Å². The third-order valence-electron chi connectivity index (χ3n) is 3.19. The zero-order chi connectivity index (χ0) is 21.2. The highest BCUT2D eigenvalue weighted by molar-refractivity contribution is 7.22. The van der Waals surface area contributed by atoms with Crippen LogP contribution in [0.1, 0.15) is 20.8 Å². The summed E-state index contributed by atoms with van der Waals surface area (Å²) >= 11 is 1.20. The number of fused-ring (bicyclic) bond motifs is 1. The topological polar surface area (TPSA) is 82.6 Å². The van der Waals surface area contributed by atoms with Crippen LogP contribution in [0.25, 0.3) is 10.2 Å². The maximum absolute atomic E-state index is 12.2. The lowest BCUT2D eigenvalue weighted by molar-refractivity contribution is -0.274. The lowest BCUT2D eigenvalue weighted by Crippen LogP contribution is -2.26. The summed E-state index contributed by atoms with van der Waals surface area (Å²) in [6.07, 6.45) is -4.10. The van der Waals surface area contributed by atoms with Gasteiger partial charge in [0.25, 0.3) is 0 Å². The lowest BCUT2D eigenvalue weighted by atomic mass is 10.2. The molecule has 7 nitrogen and oxygen atoms in total. The van der Waals surface area contributed by atoms with Gasteiger partial charge in [-0.1, -0.05) is 11.3 Å². The van der Waals surface area contributed by atoms with Crippen LogP contribution in [-0.4, -0.2) is 28.0 Å². The predicted molar refractivity (Wildman–Crippen MR) is 100 cm³/mol. The summed E-state index contributed by atoms with van der Waals surface area (Å²) in [5.74, 6) is 0.0809. The van der Waals surface area contributed by atoms with Crippen LogP contribution >= 0.6 is 11.3 Å². The van der Waals surface area contributed by atoms with E-state index in [1.54, 1.807) is 26.8 Å². The normalized spacial score (nSPS) is 11.9. The van der Waals surface area contributed by atoms with Gasteiger partial charge in [0.2, 0.25) is 5.88 Å². The number of aromatic nitrogens is 2. The molecule has 1 amide bonds. The first kappa shape index (κ1) is 20.6. The van der Waals surface area contributed by atoms with Crippen LogP contribution in [0, 0.1) is 0 Å². The molecule has 3 aromatic rings. The number of thiophene rings is 1. The first-order chi connectivity index (χ1) is 13.5. The van der Waals surface area contributed by atoms with Crippen molar-refractivity contribution in [2.45, 2.75) is 32.7 Å². The van der Waals surface area contributed by atoms with E-state index in [1.165, 1.54) is 29.8 Å². The molecule has 11 heteroatoms. The summed E-state index contributed by atoms with van der Waals surface area (Å²) in [7, 11) is 0. The Morgan fingerprint density at radius 2 is 1.72 bits per heavy atom. The fourth-order valence-electron chi connectivity index (χ4n) is 2.20. The molecule has 0 aliphatic carbocycles. The molecule has 1 N–H and O–H groups in total. The van der Waals surface area contributed by atoms with Crippen molar-refractivity contribution < 1.29 is 32.2 Å². The Kier molecular flexibility index (Phi) is 5.51. The van der Waals surface area contributed by atoms with E-state index in [4.69, 9.17) is 9.47 Å². The van der Waals surface area contributed by atoms with E-state index in [1.807, 2.05) is 0 Å². The number of amides is 1. The number of halogens is 3. The Hall–Kier alpha value is -3.08. The van der Waals surface area contributed by atoms with Crippen molar-refractivity contribution in [3.05, 3.63) is 36.7 Å². The molecule has 0 unspecified atom stereocenters. The molecule has 1 aromatic carbocycles. The highest BCUT2D eigenvalue weighted by Crippen LogP contribution is 2.35. The van der Waals surface area contributed by atoms with Crippen molar-refractivity contribution in [3.8, 4) is 17.4 Å². The third-order valence-corrected chi connectivity index (χ3v) is 4.15. The van der Waals surface area contributed by atoms with Gasteiger partial charge in [-0.15, -0.1) is 13.2 Å². The van der Waals surface area contributed by atoms with E-state index >= 15 is 0 Å². The minimum Gasteiger partial charge on any atom is -0.444 e. The number of hydrogen-bond acceptors (Lipinski definition) is 7. The van der Waals surface area contributed by atoms with Crippen molar-refractivity contribution >= 4 is 32.6 Å². The van der Waals surface area contributed by atoms with Crippen LogP contribution in [0.4, 0.5) is 23.0 Å². The molecule has 0 atom stereocenters. The molecule has 29 heavy (non-hydrogen) atoms. The second kappa shape index (κ2) is 7.74. The summed E-state index contributed by atoms with van der Waals surface area (Å²) in [5.41, 5.74) is -0.642. The minimum absolute atomic E-state index is 0.188. The summed E-state index contributed by atoms with van der Waals surface area (Å²) in [6.45, 7) is 5.25. The molecular formula is C18H16F3N3O4S. The highest BCUT2D eigenvalue weighted by atomic mass is 32.1. The number of nitrogens with zero attached hydrogens (tertiary/aromatic N) is 2. The van der Waals surface area contributed by atoms with Crippen molar-refractivity contribution in [3.63, 3.8) is 0 Å². The van der Waals surface area contributed by atoms with Crippen molar-refractivity contribution in [2.75, 3.05) is 5.32 Å². The number of benzene rings is 1. The molecule has 0 radical (unpaired) electrons. The number of carbonyl (C=O) groups excluding carboxylic acids is 1. The van der Waals surface area contributed by atoms with Gasteiger partial charge in [-0.25, -0.2) is 14.8 Å². The van der Waals surface area contributed by atoms with Gasteiger partial charge < -0.3 is 14.2 Å². The van der Waals surface area contributed by atoms with Gasteiger partial charge in [-0.2, -0.15) is 0 Å². The summed E-state index contributed by atoms with van der Waals surface area (Å²) < 4.78 is 51.4. The number of carbonyl (C=O) groups is 1. The predicted octanol–water partition coefficient (Wildman–Crippen LogP) is 5.73. The minimum atomic E-state index is -4.77. The molecule has 0 bridgehead atoms. The third kappa shape index (κ3) is 5.95. The fraction of sp³-hybridized carbons (Fsp3) is 0.278. The van der Waals surface area contributed by atoms with Crippen molar-refractivity contribution in [2.24, 2.45) is 0 Å². The van der Waals surface area contributed by atoms with Gasteiger partial charge in [-0.3, -0.25) is 5.32 Å². The molecule has 0 aliphatic heterocycles. The summed E-state index contributed by atoms with van der Waals surface area (Å²) in [6, 6.07) is 6.53. The Balaban J connectivity index is 1.76. The molecule has 0 saturated heterocycles. The second-order valence-electron chi connectivity index (χ2n) is 6.76. The summed E-state index contributed by atoms with van der Waals surface area (Å²) in [5, 5.41) is 3.63. The fourth-order valence-corrected chi connectivity index (χ4v) is 3.08. The van der Waals surface area contributed by atoms with E-state index in [-0.39, 0.29) is 17.4 Å². The number of anilines is 1. The zero-order valence-corrected chi connectivity index (χ0v) is 16.4. The Labute approximate surface area is 167 Å². The lowest BCUT2D eigenvalue weighted by Gasteiger charge is -2.19. The quantitative estimate of drug-likeness (QED) is 0.573. The van der Waals surface area contributed by atoms with E-state index < -0.39 is 18.1 Å².